The predicted octanol–water partition coefficient (Wildman–Crippen LogP) is 4.09. The summed E-state index contributed by atoms with van der Waals surface area (Å²) in [6, 6.07) is 14.8. The highest BCUT2D eigenvalue weighted by molar-refractivity contribution is 5.95. The van der Waals surface area contributed by atoms with Gasteiger partial charge in [-0.2, -0.15) is 5.10 Å². The molecular formula is C21H18FN5O2. The first kappa shape index (κ1) is 18.4. The number of nitrogens with one attached hydrogen (secondary N) is 3. The highest BCUT2D eigenvalue weighted by Gasteiger charge is 2.11. The Morgan fingerprint density at radius 3 is 2.62 bits per heavy atom. The predicted molar refractivity (Wildman–Crippen MR) is 108 cm³/mol. The standard InChI is InChI=1S/C21H18FN5O2/c1-29-16-8-4-14(5-9-16)20-17-12-23-19(10-18(17)26-27-20)25-21(28)24-11-13-2-6-15(22)7-3-13/h2-10,12H,11H2,1H3,(H,26,27)(H2,23,24,25,28). The van der Waals surface area contributed by atoms with Crippen molar-refractivity contribution >= 4 is 22.8 Å². The summed E-state index contributed by atoms with van der Waals surface area (Å²) < 4.78 is 18.1. The maximum absolute atomic E-state index is 12.9. The SMILES string of the molecule is COc1ccc(-c2n[nH]c3cc(NC(=O)NCc4ccc(F)cc4)ncc23)cc1. The number of benzene rings is 2. The van der Waals surface area contributed by atoms with Crippen LogP contribution in [0.3, 0.4) is 0 Å². The summed E-state index contributed by atoms with van der Waals surface area (Å²) >= 11 is 0. The van der Waals surface area contributed by atoms with E-state index in [2.05, 4.69) is 25.8 Å². The van der Waals surface area contributed by atoms with Crippen molar-refractivity contribution in [3.05, 3.63) is 72.2 Å². The molecule has 0 saturated carbocycles. The van der Waals surface area contributed by atoms with Crippen molar-refractivity contribution in [1.29, 1.82) is 0 Å². The molecule has 0 aliphatic heterocycles. The number of carbonyl (C=O) groups excluding carboxylic acids is 1. The van der Waals surface area contributed by atoms with Crippen LogP contribution in [0.4, 0.5) is 15.0 Å². The highest BCUT2D eigenvalue weighted by atomic mass is 19.1. The third-order valence-corrected chi connectivity index (χ3v) is 4.42. The lowest BCUT2D eigenvalue weighted by molar-refractivity contribution is 0.251. The van der Waals surface area contributed by atoms with Crippen LogP contribution < -0.4 is 15.4 Å². The molecule has 0 bridgehead atoms. The first-order chi connectivity index (χ1) is 14.1. The van der Waals surface area contributed by atoms with Crippen LogP contribution in [0.2, 0.25) is 0 Å². The number of pyridine rings is 1. The van der Waals surface area contributed by atoms with E-state index in [9.17, 15) is 9.18 Å². The van der Waals surface area contributed by atoms with Crippen LogP contribution >= 0.6 is 0 Å². The second kappa shape index (κ2) is 7.97. The second-order valence-corrected chi connectivity index (χ2v) is 6.35. The van der Waals surface area contributed by atoms with Gasteiger partial charge in [0, 0.05) is 29.8 Å². The average Bonchev–Trinajstić information content (AvgIpc) is 3.16. The Kier molecular flexibility index (Phi) is 5.07. The molecule has 2 amide bonds. The molecule has 2 aromatic heterocycles. The number of rotatable bonds is 5. The van der Waals surface area contributed by atoms with Crippen LogP contribution in [-0.4, -0.2) is 28.3 Å². The molecule has 0 unspecified atom stereocenters. The van der Waals surface area contributed by atoms with Gasteiger partial charge in [-0.1, -0.05) is 12.1 Å². The zero-order valence-electron chi connectivity index (χ0n) is 15.6. The molecule has 0 radical (unpaired) electrons. The van der Waals surface area contributed by atoms with Crippen molar-refractivity contribution in [2.45, 2.75) is 6.54 Å². The van der Waals surface area contributed by atoms with Gasteiger partial charge < -0.3 is 10.1 Å². The Labute approximate surface area is 165 Å². The smallest absolute Gasteiger partial charge is 0.320 e. The third kappa shape index (κ3) is 4.16. The van der Waals surface area contributed by atoms with E-state index in [-0.39, 0.29) is 12.4 Å². The van der Waals surface area contributed by atoms with Gasteiger partial charge in [-0.05, 0) is 42.0 Å². The van der Waals surface area contributed by atoms with Gasteiger partial charge in [-0.3, -0.25) is 10.4 Å². The summed E-state index contributed by atoms with van der Waals surface area (Å²) in [6.45, 7) is 0.278. The van der Waals surface area contributed by atoms with Gasteiger partial charge in [-0.25, -0.2) is 14.2 Å². The number of carbonyl (C=O) groups is 1. The average molecular weight is 391 g/mol. The number of fused-ring (bicyclic) bond motifs is 1. The topological polar surface area (TPSA) is 91.9 Å². The van der Waals surface area contributed by atoms with Crippen LogP contribution in [0.5, 0.6) is 5.75 Å². The Hall–Kier alpha value is -3.94. The minimum Gasteiger partial charge on any atom is -0.497 e. The van der Waals surface area contributed by atoms with Crippen molar-refractivity contribution in [2.75, 3.05) is 12.4 Å². The van der Waals surface area contributed by atoms with Crippen LogP contribution in [-0.2, 0) is 6.54 Å². The first-order valence-electron chi connectivity index (χ1n) is 8.90. The van der Waals surface area contributed by atoms with Crippen LogP contribution in [0.25, 0.3) is 22.2 Å². The van der Waals surface area contributed by atoms with Crippen molar-refractivity contribution in [2.24, 2.45) is 0 Å². The van der Waals surface area contributed by atoms with Crippen LogP contribution in [0.1, 0.15) is 5.56 Å². The summed E-state index contributed by atoms with van der Waals surface area (Å²) in [6.07, 6.45) is 1.66. The van der Waals surface area contributed by atoms with Crippen LogP contribution in [0, 0.1) is 5.82 Å². The molecule has 0 atom stereocenters. The van der Waals surface area contributed by atoms with E-state index in [1.54, 1.807) is 31.5 Å². The lowest BCUT2D eigenvalue weighted by atomic mass is 10.1. The van der Waals surface area contributed by atoms with Gasteiger partial charge >= 0.3 is 6.03 Å². The molecule has 146 valence electrons. The van der Waals surface area contributed by atoms with E-state index in [0.717, 1.165) is 33.5 Å². The highest BCUT2D eigenvalue weighted by Crippen LogP contribution is 2.28. The van der Waals surface area contributed by atoms with E-state index >= 15 is 0 Å². The molecule has 0 fully saturated rings. The molecule has 4 aromatic rings. The molecule has 0 aliphatic rings. The van der Waals surface area contributed by atoms with Crippen molar-refractivity contribution < 1.29 is 13.9 Å². The largest absolute Gasteiger partial charge is 0.497 e. The summed E-state index contributed by atoms with van der Waals surface area (Å²) in [5.41, 5.74) is 3.24. The maximum atomic E-state index is 12.9. The van der Waals surface area contributed by atoms with Gasteiger partial charge in [0.1, 0.15) is 23.1 Å². The van der Waals surface area contributed by atoms with Crippen molar-refractivity contribution in [3.63, 3.8) is 0 Å². The van der Waals surface area contributed by atoms with Gasteiger partial charge in [0.05, 0.1) is 12.6 Å². The van der Waals surface area contributed by atoms with E-state index in [1.165, 1.54) is 12.1 Å². The van der Waals surface area contributed by atoms with Crippen LogP contribution in [0.15, 0.2) is 60.8 Å². The summed E-state index contributed by atoms with van der Waals surface area (Å²) in [5.74, 6) is 0.841. The molecule has 8 heteroatoms. The summed E-state index contributed by atoms with van der Waals surface area (Å²) in [4.78, 5) is 16.4. The van der Waals surface area contributed by atoms with Gasteiger partial charge in [0.2, 0.25) is 0 Å². The Morgan fingerprint density at radius 2 is 1.90 bits per heavy atom. The number of aromatic amines is 1. The Balaban J connectivity index is 1.45. The Morgan fingerprint density at radius 1 is 1.14 bits per heavy atom. The number of aromatic nitrogens is 3. The van der Waals surface area contributed by atoms with Gasteiger partial charge in [0.25, 0.3) is 0 Å². The van der Waals surface area contributed by atoms with Gasteiger partial charge in [-0.15, -0.1) is 0 Å². The summed E-state index contributed by atoms with van der Waals surface area (Å²) in [7, 11) is 1.62. The lowest BCUT2D eigenvalue weighted by Gasteiger charge is -2.07. The molecular weight excluding hydrogens is 373 g/mol. The lowest BCUT2D eigenvalue weighted by Crippen LogP contribution is -2.28. The van der Waals surface area contributed by atoms with E-state index in [0.29, 0.717) is 5.82 Å². The number of urea groups is 1. The molecule has 0 saturated heterocycles. The number of H-pyrrole nitrogens is 1. The zero-order chi connectivity index (χ0) is 20.2. The number of methoxy groups -OCH3 is 1. The molecule has 2 heterocycles. The first-order valence-corrected chi connectivity index (χ1v) is 8.90. The fourth-order valence-electron chi connectivity index (χ4n) is 2.90. The normalized spacial score (nSPS) is 10.7. The number of nitrogens with zero attached hydrogens (tertiary/aromatic N) is 2. The third-order valence-electron chi connectivity index (χ3n) is 4.42. The van der Waals surface area contributed by atoms with E-state index < -0.39 is 6.03 Å². The van der Waals surface area contributed by atoms with E-state index in [1.807, 2.05) is 24.3 Å². The monoisotopic (exact) mass is 391 g/mol. The molecule has 7 nitrogen and oxygen atoms in total. The number of amides is 2. The molecule has 0 spiro atoms. The number of hydrogen-bond acceptors (Lipinski definition) is 4. The summed E-state index contributed by atoms with van der Waals surface area (Å²) in [5, 5.41) is 13.6. The number of anilines is 1. The quantitative estimate of drug-likeness (QED) is 0.478. The number of halogens is 1. The maximum Gasteiger partial charge on any atom is 0.320 e. The number of hydrogen-bond donors (Lipinski definition) is 3. The Bertz CT molecular complexity index is 1140. The number of ether oxygens (including phenoxy) is 1. The minimum atomic E-state index is -0.406. The molecule has 4 rings (SSSR count). The van der Waals surface area contributed by atoms with Gasteiger partial charge in [0.15, 0.2) is 0 Å². The molecule has 0 aliphatic carbocycles. The molecule has 3 N–H and O–H groups in total. The fraction of sp³-hybridized carbons (Fsp3) is 0.0952. The van der Waals surface area contributed by atoms with Crippen molar-refractivity contribution in [1.82, 2.24) is 20.5 Å². The second-order valence-electron chi connectivity index (χ2n) is 6.35. The zero-order valence-corrected chi connectivity index (χ0v) is 15.6. The van der Waals surface area contributed by atoms with Crippen molar-refractivity contribution in [3.8, 4) is 17.0 Å². The molecule has 2 aromatic carbocycles. The minimum absolute atomic E-state index is 0.278. The molecule has 29 heavy (non-hydrogen) atoms. The van der Waals surface area contributed by atoms with E-state index in [4.69, 9.17) is 4.74 Å². The fourth-order valence-corrected chi connectivity index (χ4v) is 2.90.